The van der Waals surface area contributed by atoms with Crippen LogP contribution in [0.1, 0.15) is 32.8 Å². The molecule has 0 heterocycles. The molecule has 0 saturated carbocycles. The Hall–Kier alpha value is -1.56. The minimum absolute atomic E-state index is 0.674. The van der Waals surface area contributed by atoms with E-state index in [-0.39, 0.29) is 0 Å². The molecule has 0 amide bonds. The SMILES string of the molecule is CC.Cc1cc2c(c3ccccc13)=CCC(C)C=2. The standard InChI is InChI=1S/C16H16.C2H6/c1-11-7-8-15-13(9-11)10-12(2)14-5-3-4-6-16(14)15;1-2/h3-6,8-11H,7H2,1-2H3;1-2H3. The van der Waals surface area contributed by atoms with E-state index in [9.17, 15) is 0 Å². The largest absolute Gasteiger partial charge is 0.0755 e. The predicted molar refractivity (Wildman–Crippen MR) is 82.0 cm³/mol. The van der Waals surface area contributed by atoms with Crippen LogP contribution >= 0.6 is 0 Å². The van der Waals surface area contributed by atoms with Gasteiger partial charge in [-0.2, -0.15) is 0 Å². The average Bonchev–Trinajstić information content (AvgIpc) is 2.41. The molecule has 18 heavy (non-hydrogen) atoms. The first kappa shape index (κ1) is 12.9. The van der Waals surface area contributed by atoms with Crippen LogP contribution in [0.25, 0.3) is 22.9 Å². The van der Waals surface area contributed by atoms with Crippen molar-refractivity contribution in [3.63, 3.8) is 0 Å². The van der Waals surface area contributed by atoms with Gasteiger partial charge in [-0.25, -0.2) is 0 Å². The van der Waals surface area contributed by atoms with Gasteiger partial charge in [0.05, 0.1) is 0 Å². The van der Waals surface area contributed by atoms with Crippen molar-refractivity contribution in [2.75, 3.05) is 0 Å². The van der Waals surface area contributed by atoms with Gasteiger partial charge < -0.3 is 0 Å². The predicted octanol–water partition coefficient (Wildman–Crippen LogP) is 3.78. The molecular formula is C18H22. The molecule has 1 atom stereocenters. The van der Waals surface area contributed by atoms with Crippen molar-refractivity contribution in [1.29, 1.82) is 0 Å². The van der Waals surface area contributed by atoms with E-state index in [4.69, 9.17) is 0 Å². The Morgan fingerprint density at radius 3 is 2.44 bits per heavy atom. The zero-order valence-corrected chi connectivity index (χ0v) is 11.8. The fraction of sp³-hybridized carbons (Fsp3) is 0.333. The van der Waals surface area contributed by atoms with Gasteiger partial charge in [-0.3, -0.25) is 0 Å². The summed E-state index contributed by atoms with van der Waals surface area (Å²) in [6.45, 7) is 8.49. The number of hydrogen-bond acceptors (Lipinski definition) is 0. The van der Waals surface area contributed by atoms with E-state index in [1.54, 1.807) is 0 Å². The fourth-order valence-electron chi connectivity index (χ4n) is 2.65. The van der Waals surface area contributed by atoms with Crippen LogP contribution in [-0.4, -0.2) is 0 Å². The number of rotatable bonds is 0. The fourth-order valence-corrected chi connectivity index (χ4v) is 2.65. The third-order valence-corrected chi connectivity index (χ3v) is 3.48. The van der Waals surface area contributed by atoms with Crippen molar-refractivity contribution in [3.8, 4) is 0 Å². The highest BCUT2D eigenvalue weighted by atomic mass is 14.1. The molecule has 0 N–H and O–H groups in total. The van der Waals surface area contributed by atoms with Crippen molar-refractivity contribution in [3.05, 3.63) is 46.3 Å². The van der Waals surface area contributed by atoms with Crippen LogP contribution in [0.15, 0.2) is 30.3 Å². The summed E-state index contributed by atoms with van der Waals surface area (Å²) in [6.07, 6.45) is 5.95. The molecule has 0 spiro atoms. The van der Waals surface area contributed by atoms with E-state index >= 15 is 0 Å². The molecule has 1 unspecified atom stereocenters. The van der Waals surface area contributed by atoms with Gasteiger partial charge in [-0.05, 0) is 46.0 Å². The summed E-state index contributed by atoms with van der Waals surface area (Å²) in [5.74, 6) is 0.674. The zero-order chi connectivity index (χ0) is 13.1. The maximum Gasteiger partial charge on any atom is -0.0106 e. The summed E-state index contributed by atoms with van der Waals surface area (Å²) in [4.78, 5) is 0. The minimum Gasteiger partial charge on any atom is -0.0755 e. The number of aryl methyl sites for hydroxylation is 1. The maximum atomic E-state index is 2.40. The van der Waals surface area contributed by atoms with E-state index in [1.807, 2.05) is 13.8 Å². The molecule has 0 bridgehead atoms. The Labute approximate surface area is 110 Å². The molecule has 1 aliphatic carbocycles. The first-order valence-electron chi connectivity index (χ1n) is 6.96. The van der Waals surface area contributed by atoms with E-state index < -0.39 is 0 Å². The first-order chi connectivity index (χ1) is 8.75. The van der Waals surface area contributed by atoms with Crippen LogP contribution < -0.4 is 10.4 Å². The minimum atomic E-state index is 0.674. The molecule has 0 radical (unpaired) electrons. The lowest BCUT2D eigenvalue weighted by Gasteiger charge is -2.11. The Bertz CT molecular complexity index is 662. The van der Waals surface area contributed by atoms with E-state index in [1.165, 1.54) is 33.2 Å². The van der Waals surface area contributed by atoms with Crippen molar-refractivity contribution >= 4 is 22.9 Å². The van der Waals surface area contributed by atoms with Crippen LogP contribution in [0, 0.1) is 12.8 Å². The average molecular weight is 238 g/mol. The molecular weight excluding hydrogens is 216 g/mol. The van der Waals surface area contributed by atoms with Gasteiger partial charge in [0.2, 0.25) is 0 Å². The number of hydrogen-bond donors (Lipinski definition) is 0. The molecule has 94 valence electrons. The van der Waals surface area contributed by atoms with Crippen LogP contribution in [0.5, 0.6) is 0 Å². The second-order valence-electron chi connectivity index (χ2n) is 4.83. The quantitative estimate of drug-likeness (QED) is 0.655. The lowest BCUT2D eigenvalue weighted by molar-refractivity contribution is 0.801. The normalized spacial score (nSPS) is 17.0. The van der Waals surface area contributed by atoms with Crippen LogP contribution in [0.3, 0.4) is 0 Å². The van der Waals surface area contributed by atoms with E-state index in [2.05, 4.69) is 56.3 Å². The Morgan fingerprint density at radius 1 is 1.06 bits per heavy atom. The first-order valence-corrected chi connectivity index (χ1v) is 6.96. The topological polar surface area (TPSA) is 0 Å². The molecule has 0 saturated heterocycles. The van der Waals surface area contributed by atoms with Gasteiger partial charge in [0.15, 0.2) is 0 Å². The van der Waals surface area contributed by atoms with Crippen LogP contribution in [-0.2, 0) is 0 Å². The highest BCUT2D eigenvalue weighted by molar-refractivity contribution is 5.87. The van der Waals surface area contributed by atoms with Gasteiger partial charge in [-0.1, -0.05) is 63.3 Å². The number of benzene rings is 2. The summed E-state index contributed by atoms with van der Waals surface area (Å²) in [5.41, 5.74) is 1.38. The Kier molecular flexibility index (Phi) is 3.86. The molecule has 0 aromatic heterocycles. The smallest absolute Gasteiger partial charge is 0.0106 e. The lowest BCUT2D eigenvalue weighted by Crippen LogP contribution is -2.29. The van der Waals surface area contributed by atoms with Gasteiger partial charge in [0, 0.05) is 0 Å². The van der Waals surface area contributed by atoms with Gasteiger partial charge in [0.25, 0.3) is 0 Å². The summed E-state index contributed by atoms with van der Waals surface area (Å²) < 4.78 is 0. The van der Waals surface area contributed by atoms with Crippen LogP contribution in [0.4, 0.5) is 0 Å². The van der Waals surface area contributed by atoms with Gasteiger partial charge in [0.1, 0.15) is 0 Å². The van der Waals surface area contributed by atoms with Crippen molar-refractivity contribution in [1.82, 2.24) is 0 Å². The zero-order valence-electron chi connectivity index (χ0n) is 11.8. The van der Waals surface area contributed by atoms with E-state index in [0.29, 0.717) is 5.92 Å². The van der Waals surface area contributed by atoms with Crippen molar-refractivity contribution < 1.29 is 0 Å². The third kappa shape index (κ3) is 2.20. The Morgan fingerprint density at radius 2 is 1.72 bits per heavy atom. The second kappa shape index (κ2) is 5.39. The van der Waals surface area contributed by atoms with Crippen molar-refractivity contribution in [2.24, 2.45) is 5.92 Å². The maximum absolute atomic E-state index is 2.40. The summed E-state index contributed by atoms with van der Waals surface area (Å²) in [5, 5.41) is 5.63. The summed E-state index contributed by atoms with van der Waals surface area (Å²) >= 11 is 0. The molecule has 0 nitrogen and oxygen atoms in total. The van der Waals surface area contributed by atoms with Crippen molar-refractivity contribution in [2.45, 2.75) is 34.1 Å². The van der Waals surface area contributed by atoms with Gasteiger partial charge >= 0.3 is 0 Å². The monoisotopic (exact) mass is 238 g/mol. The Balaban J connectivity index is 0.000000574. The lowest BCUT2D eigenvalue weighted by atomic mass is 9.94. The highest BCUT2D eigenvalue weighted by Gasteiger charge is 2.05. The molecule has 0 fully saturated rings. The van der Waals surface area contributed by atoms with Crippen LogP contribution in [0.2, 0.25) is 0 Å². The molecule has 0 heteroatoms. The molecule has 2 aromatic carbocycles. The molecule has 0 aliphatic heterocycles. The van der Waals surface area contributed by atoms with E-state index in [0.717, 1.165) is 0 Å². The second-order valence-corrected chi connectivity index (χ2v) is 4.83. The third-order valence-electron chi connectivity index (χ3n) is 3.48. The molecule has 1 aliphatic rings. The number of fused-ring (bicyclic) bond motifs is 3. The highest BCUT2D eigenvalue weighted by Crippen LogP contribution is 2.15. The molecule has 3 rings (SSSR count). The molecule has 2 aromatic rings. The summed E-state index contributed by atoms with van der Waals surface area (Å²) in [7, 11) is 0. The summed E-state index contributed by atoms with van der Waals surface area (Å²) in [6, 6.07) is 11.0. The van der Waals surface area contributed by atoms with Gasteiger partial charge in [-0.15, -0.1) is 0 Å².